The Morgan fingerprint density at radius 3 is 2.62 bits per heavy atom. The van der Waals surface area contributed by atoms with Crippen molar-refractivity contribution in [2.45, 2.75) is 25.7 Å². The van der Waals surface area contributed by atoms with Crippen molar-refractivity contribution in [2.75, 3.05) is 5.32 Å². The number of hydrogen-bond acceptors (Lipinski definition) is 5. The molecule has 198 valence electrons. The summed E-state index contributed by atoms with van der Waals surface area (Å²) in [6.07, 6.45) is 8.41. The van der Waals surface area contributed by atoms with Crippen LogP contribution in [-0.2, 0) is 4.79 Å². The second kappa shape index (κ2) is 9.64. The highest BCUT2D eigenvalue weighted by Gasteiger charge is 2.24. The molecule has 1 amide bonds. The first kappa shape index (κ1) is 24.1. The molecule has 0 radical (unpaired) electrons. The van der Waals surface area contributed by atoms with E-state index < -0.39 is 5.82 Å². The molecule has 1 saturated carbocycles. The lowest BCUT2D eigenvalue weighted by Gasteiger charge is -2.11. The van der Waals surface area contributed by atoms with Crippen LogP contribution in [0.1, 0.15) is 25.7 Å². The number of carbonyl (C=O) groups is 1. The lowest BCUT2D eigenvalue weighted by Crippen LogP contribution is -2.20. The summed E-state index contributed by atoms with van der Waals surface area (Å²) in [5.41, 5.74) is 4.43. The predicted octanol–water partition coefficient (Wildman–Crippen LogP) is 6.64. The molecule has 7 rings (SSSR count). The Morgan fingerprint density at radius 1 is 0.925 bits per heavy atom. The predicted molar refractivity (Wildman–Crippen MR) is 148 cm³/mol. The number of anilines is 1. The normalized spacial score (nSPS) is 13.8. The molecule has 0 bridgehead atoms. The van der Waals surface area contributed by atoms with Crippen molar-refractivity contribution < 1.29 is 13.6 Å². The monoisotopic (exact) mass is 535 g/mol. The van der Waals surface area contributed by atoms with Gasteiger partial charge in [-0.2, -0.15) is 5.10 Å². The third-order valence-electron chi connectivity index (χ3n) is 7.42. The summed E-state index contributed by atoms with van der Waals surface area (Å²) in [7, 11) is 0. The molecule has 10 heteroatoms. The molecule has 2 aromatic carbocycles. The van der Waals surface area contributed by atoms with Crippen LogP contribution in [0.3, 0.4) is 0 Å². The van der Waals surface area contributed by atoms with Gasteiger partial charge in [0.05, 0.1) is 40.0 Å². The third-order valence-corrected chi connectivity index (χ3v) is 7.42. The van der Waals surface area contributed by atoms with E-state index in [0.29, 0.717) is 39.2 Å². The topological polar surface area (TPSA) is 112 Å². The molecule has 8 nitrogen and oxygen atoms in total. The SMILES string of the molecule is O=C(Nc1cncc(-c2ncc3[nH]nc(-c4nc5c(-c6cccc(F)c6)cccc5[nH]4)c3c2F)c1)C1CCCC1. The summed E-state index contributed by atoms with van der Waals surface area (Å²) in [6.45, 7) is 0. The number of nitrogens with one attached hydrogen (secondary N) is 3. The van der Waals surface area contributed by atoms with Crippen molar-refractivity contribution in [1.82, 2.24) is 30.1 Å². The fraction of sp³-hybridized carbons (Fsp3) is 0.167. The number of aromatic nitrogens is 6. The van der Waals surface area contributed by atoms with Gasteiger partial charge in [-0.15, -0.1) is 0 Å². The number of nitrogens with zero attached hydrogens (tertiary/aromatic N) is 4. The molecule has 4 heterocycles. The molecule has 3 N–H and O–H groups in total. The van der Waals surface area contributed by atoms with Gasteiger partial charge in [0, 0.05) is 23.2 Å². The number of carbonyl (C=O) groups excluding carboxylic acids is 1. The Balaban J connectivity index is 1.28. The number of hydrogen-bond donors (Lipinski definition) is 3. The zero-order valence-corrected chi connectivity index (χ0v) is 21.2. The lowest BCUT2D eigenvalue weighted by atomic mass is 10.0. The standard InChI is InChI=1S/C30H23F2N7O/c31-19-8-3-7-17(11-19)21-9-4-10-22-27(21)37-29(36-22)28-24-23(38-39-28)15-34-26(25(24)32)18-12-20(14-33-13-18)35-30(40)16-5-1-2-6-16/h3-4,7-16H,1-2,5-6H2,(H,35,40)(H,36,37)(H,38,39). The van der Waals surface area contributed by atoms with E-state index in [9.17, 15) is 9.18 Å². The summed E-state index contributed by atoms with van der Waals surface area (Å²) >= 11 is 0. The van der Waals surface area contributed by atoms with Gasteiger partial charge in [-0.05, 0) is 42.7 Å². The van der Waals surface area contributed by atoms with Crippen LogP contribution < -0.4 is 5.32 Å². The zero-order chi connectivity index (χ0) is 27.2. The number of H-pyrrole nitrogens is 2. The molecule has 40 heavy (non-hydrogen) atoms. The Morgan fingerprint density at radius 2 is 1.77 bits per heavy atom. The number of imidazole rings is 1. The number of benzene rings is 2. The van der Waals surface area contributed by atoms with Gasteiger partial charge in [-0.25, -0.2) is 13.8 Å². The summed E-state index contributed by atoms with van der Waals surface area (Å²) in [6, 6.07) is 13.5. The van der Waals surface area contributed by atoms with Crippen molar-refractivity contribution in [1.29, 1.82) is 0 Å². The summed E-state index contributed by atoms with van der Waals surface area (Å²) in [5.74, 6) is -0.624. The van der Waals surface area contributed by atoms with Gasteiger partial charge >= 0.3 is 0 Å². The van der Waals surface area contributed by atoms with E-state index in [1.165, 1.54) is 24.5 Å². The Bertz CT molecular complexity index is 1910. The van der Waals surface area contributed by atoms with Crippen LogP contribution in [0.4, 0.5) is 14.5 Å². The molecule has 1 fully saturated rings. The second-order valence-corrected chi connectivity index (χ2v) is 10.0. The Kier molecular flexibility index (Phi) is 5.80. The van der Waals surface area contributed by atoms with E-state index in [1.807, 2.05) is 24.3 Å². The lowest BCUT2D eigenvalue weighted by molar-refractivity contribution is -0.119. The highest BCUT2D eigenvalue weighted by Crippen LogP contribution is 2.35. The highest BCUT2D eigenvalue weighted by atomic mass is 19.1. The maximum absolute atomic E-state index is 16.1. The molecular formula is C30H23F2N7O. The summed E-state index contributed by atoms with van der Waals surface area (Å²) in [5, 5.41) is 10.3. The van der Waals surface area contributed by atoms with Crippen molar-refractivity contribution in [3.63, 3.8) is 0 Å². The van der Waals surface area contributed by atoms with Gasteiger partial charge in [-0.1, -0.05) is 37.1 Å². The van der Waals surface area contributed by atoms with Crippen LogP contribution in [0.2, 0.25) is 0 Å². The average Bonchev–Trinajstić information content (AvgIpc) is 3.73. The summed E-state index contributed by atoms with van der Waals surface area (Å²) in [4.78, 5) is 29.1. The van der Waals surface area contributed by atoms with Crippen molar-refractivity contribution in [2.24, 2.45) is 5.92 Å². The van der Waals surface area contributed by atoms with E-state index in [4.69, 9.17) is 4.98 Å². The van der Waals surface area contributed by atoms with Gasteiger partial charge in [-0.3, -0.25) is 19.9 Å². The van der Waals surface area contributed by atoms with Gasteiger partial charge < -0.3 is 10.3 Å². The minimum absolute atomic E-state index is 0.00593. The molecule has 6 aromatic rings. The maximum atomic E-state index is 16.1. The first-order chi connectivity index (χ1) is 19.5. The molecule has 0 saturated heterocycles. The largest absolute Gasteiger partial charge is 0.337 e. The van der Waals surface area contributed by atoms with E-state index in [1.54, 1.807) is 18.3 Å². The van der Waals surface area contributed by atoms with Crippen molar-refractivity contribution in [3.05, 3.63) is 78.8 Å². The van der Waals surface area contributed by atoms with Crippen LogP contribution in [-0.4, -0.2) is 36.0 Å². The van der Waals surface area contributed by atoms with E-state index in [0.717, 1.165) is 31.2 Å². The number of halogens is 2. The average molecular weight is 536 g/mol. The molecule has 0 spiro atoms. The van der Waals surface area contributed by atoms with Crippen LogP contribution in [0.5, 0.6) is 0 Å². The van der Waals surface area contributed by atoms with E-state index in [2.05, 4.69) is 30.5 Å². The van der Waals surface area contributed by atoms with Crippen LogP contribution in [0, 0.1) is 17.6 Å². The first-order valence-corrected chi connectivity index (χ1v) is 13.1. The van der Waals surface area contributed by atoms with Crippen molar-refractivity contribution in [3.8, 4) is 33.9 Å². The number of fused-ring (bicyclic) bond motifs is 2. The minimum atomic E-state index is -0.590. The number of pyridine rings is 2. The fourth-order valence-electron chi connectivity index (χ4n) is 5.45. The molecule has 1 aliphatic carbocycles. The molecule has 1 aliphatic rings. The fourth-order valence-corrected chi connectivity index (χ4v) is 5.45. The molecular weight excluding hydrogens is 512 g/mol. The number of para-hydroxylation sites is 1. The number of rotatable bonds is 5. The maximum Gasteiger partial charge on any atom is 0.227 e. The van der Waals surface area contributed by atoms with Crippen LogP contribution in [0.15, 0.2) is 67.1 Å². The molecule has 0 unspecified atom stereocenters. The minimum Gasteiger partial charge on any atom is -0.337 e. The second-order valence-electron chi connectivity index (χ2n) is 10.0. The quantitative estimate of drug-likeness (QED) is 0.229. The smallest absolute Gasteiger partial charge is 0.227 e. The van der Waals surface area contributed by atoms with Gasteiger partial charge in [0.1, 0.15) is 17.2 Å². The number of amides is 1. The molecule has 0 aliphatic heterocycles. The Labute approximate surface area is 226 Å². The third kappa shape index (κ3) is 4.17. The van der Waals surface area contributed by atoms with Crippen LogP contribution in [0.25, 0.3) is 55.8 Å². The van der Waals surface area contributed by atoms with Gasteiger partial charge in [0.15, 0.2) is 11.6 Å². The number of aromatic amines is 2. The molecule has 0 atom stereocenters. The van der Waals surface area contributed by atoms with Gasteiger partial charge in [0.2, 0.25) is 5.91 Å². The van der Waals surface area contributed by atoms with Gasteiger partial charge in [0.25, 0.3) is 0 Å². The first-order valence-electron chi connectivity index (χ1n) is 13.1. The zero-order valence-electron chi connectivity index (χ0n) is 21.2. The van der Waals surface area contributed by atoms with E-state index in [-0.39, 0.29) is 34.4 Å². The van der Waals surface area contributed by atoms with Crippen LogP contribution >= 0.6 is 0 Å². The van der Waals surface area contributed by atoms with E-state index >= 15 is 4.39 Å². The Hall–Kier alpha value is -4.99. The van der Waals surface area contributed by atoms with Crippen molar-refractivity contribution >= 4 is 33.5 Å². The summed E-state index contributed by atoms with van der Waals surface area (Å²) < 4.78 is 30.0. The highest BCUT2D eigenvalue weighted by molar-refractivity contribution is 5.98. The molecule has 4 aromatic heterocycles.